The molecule has 136 valence electrons. The molecule has 4 rings (SSSR count). The van der Waals surface area contributed by atoms with E-state index >= 15 is 0 Å². The lowest BCUT2D eigenvalue weighted by atomic mass is 10.1. The average molecular weight is 360 g/mol. The second-order valence-corrected chi connectivity index (χ2v) is 6.13. The molecule has 0 atom stereocenters. The third kappa shape index (κ3) is 3.19. The predicted octanol–water partition coefficient (Wildman–Crippen LogP) is 3.59. The highest BCUT2D eigenvalue weighted by Crippen LogP contribution is 2.25. The van der Waals surface area contributed by atoms with Crippen molar-refractivity contribution in [2.75, 3.05) is 5.32 Å². The minimum Gasteiger partial charge on any atom is -0.305 e. The van der Waals surface area contributed by atoms with E-state index in [1.165, 1.54) is 0 Å². The molecule has 0 fully saturated rings. The Morgan fingerprint density at radius 3 is 2.63 bits per heavy atom. The Balaban J connectivity index is 1.80. The number of aryl methyl sites for hydroxylation is 2. The first-order valence-corrected chi connectivity index (χ1v) is 8.96. The van der Waals surface area contributed by atoms with Gasteiger partial charge in [-0.2, -0.15) is 10.2 Å². The molecule has 0 radical (unpaired) electrons. The van der Waals surface area contributed by atoms with Crippen LogP contribution >= 0.6 is 0 Å². The van der Waals surface area contributed by atoms with Gasteiger partial charge in [0.05, 0.1) is 22.8 Å². The van der Waals surface area contributed by atoms with Crippen molar-refractivity contribution in [3.63, 3.8) is 0 Å². The molecule has 7 heteroatoms. The Morgan fingerprint density at radius 2 is 1.93 bits per heavy atom. The number of benzene rings is 1. The number of hydrogen-bond acceptors (Lipinski definition) is 4. The van der Waals surface area contributed by atoms with E-state index in [1.54, 1.807) is 21.6 Å². The van der Waals surface area contributed by atoms with E-state index in [1.807, 2.05) is 56.4 Å². The molecule has 1 aromatic carbocycles. The third-order valence-corrected chi connectivity index (χ3v) is 4.43. The summed E-state index contributed by atoms with van der Waals surface area (Å²) in [5.74, 6) is 0.299. The van der Waals surface area contributed by atoms with Gasteiger partial charge in [0.2, 0.25) is 0 Å². The summed E-state index contributed by atoms with van der Waals surface area (Å²) in [5.41, 5.74) is 2.92. The van der Waals surface area contributed by atoms with Gasteiger partial charge >= 0.3 is 0 Å². The molecule has 0 saturated carbocycles. The molecule has 4 aromatic rings. The lowest BCUT2D eigenvalue weighted by Crippen LogP contribution is -2.14. The normalized spacial score (nSPS) is 11.0. The molecule has 3 aromatic heterocycles. The summed E-state index contributed by atoms with van der Waals surface area (Å²) in [6, 6.07) is 13.4. The number of aromatic nitrogens is 5. The van der Waals surface area contributed by atoms with E-state index < -0.39 is 0 Å². The Morgan fingerprint density at radius 1 is 1.11 bits per heavy atom. The smallest absolute Gasteiger partial charge is 0.257 e. The molecule has 0 bridgehead atoms. The van der Waals surface area contributed by atoms with E-state index in [0.717, 1.165) is 23.2 Å². The zero-order valence-electron chi connectivity index (χ0n) is 15.3. The fourth-order valence-corrected chi connectivity index (χ4v) is 3.01. The number of nitrogens with zero attached hydrogens (tertiary/aromatic N) is 5. The molecule has 7 nitrogen and oxygen atoms in total. The summed E-state index contributed by atoms with van der Waals surface area (Å²) in [4.78, 5) is 17.7. The number of fused-ring (bicyclic) bond motifs is 1. The second kappa shape index (κ2) is 7.03. The zero-order chi connectivity index (χ0) is 18.8. The van der Waals surface area contributed by atoms with Crippen LogP contribution in [0.1, 0.15) is 24.2 Å². The van der Waals surface area contributed by atoms with Gasteiger partial charge in [0.1, 0.15) is 0 Å². The summed E-state index contributed by atoms with van der Waals surface area (Å²) >= 11 is 0. The van der Waals surface area contributed by atoms with Crippen molar-refractivity contribution in [2.45, 2.75) is 26.9 Å². The van der Waals surface area contributed by atoms with Crippen LogP contribution < -0.4 is 5.32 Å². The number of anilines is 1. The van der Waals surface area contributed by atoms with E-state index in [-0.39, 0.29) is 5.91 Å². The van der Waals surface area contributed by atoms with E-state index in [4.69, 9.17) is 4.98 Å². The third-order valence-electron chi connectivity index (χ3n) is 4.43. The van der Waals surface area contributed by atoms with Crippen LogP contribution in [-0.2, 0) is 13.1 Å². The Labute approximate surface area is 156 Å². The average Bonchev–Trinajstić information content (AvgIpc) is 3.34. The fraction of sp³-hybridized carbons (Fsp3) is 0.200. The van der Waals surface area contributed by atoms with Gasteiger partial charge in [0, 0.05) is 30.9 Å². The lowest BCUT2D eigenvalue weighted by molar-refractivity contribution is 0.102. The summed E-state index contributed by atoms with van der Waals surface area (Å²) in [6.45, 7) is 5.42. The molecule has 27 heavy (non-hydrogen) atoms. The molecule has 0 aliphatic heterocycles. The van der Waals surface area contributed by atoms with Gasteiger partial charge in [0.25, 0.3) is 5.91 Å². The van der Waals surface area contributed by atoms with E-state index in [2.05, 4.69) is 15.5 Å². The topological polar surface area (TPSA) is 77.6 Å². The van der Waals surface area contributed by atoms with Crippen molar-refractivity contribution in [1.29, 1.82) is 0 Å². The Bertz CT molecular complexity index is 1100. The van der Waals surface area contributed by atoms with Crippen LogP contribution in [0.4, 0.5) is 5.82 Å². The second-order valence-electron chi connectivity index (χ2n) is 6.13. The molecular formula is C20H20N6O. The number of carbonyl (C=O) groups is 1. The van der Waals surface area contributed by atoms with Gasteiger partial charge < -0.3 is 5.32 Å². The Hall–Kier alpha value is -3.48. The standard InChI is InChI=1S/C20H20N6O/c1-3-25-11-10-18(24-25)23-20(27)15-12-17(14-8-6-5-7-9-14)22-19-16(15)13-21-26(19)4-2/h5-13H,3-4H2,1-2H3,(H,23,24,27). The molecule has 0 aliphatic carbocycles. The number of carbonyl (C=O) groups excluding carboxylic acids is 1. The summed E-state index contributed by atoms with van der Waals surface area (Å²) in [6.07, 6.45) is 3.53. The van der Waals surface area contributed by atoms with Crippen LogP contribution in [0.25, 0.3) is 22.3 Å². The number of rotatable bonds is 5. The molecule has 0 aliphatic rings. The van der Waals surface area contributed by atoms with Crippen molar-refractivity contribution in [3.8, 4) is 11.3 Å². The van der Waals surface area contributed by atoms with Crippen LogP contribution in [0.15, 0.2) is 54.9 Å². The van der Waals surface area contributed by atoms with E-state index in [0.29, 0.717) is 23.6 Å². The maximum atomic E-state index is 13.0. The van der Waals surface area contributed by atoms with Crippen molar-refractivity contribution in [1.82, 2.24) is 24.5 Å². The van der Waals surface area contributed by atoms with Crippen molar-refractivity contribution in [2.24, 2.45) is 0 Å². The first-order valence-electron chi connectivity index (χ1n) is 8.96. The van der Waals surface area contributed by atoms with Gasteiger partial charge in [-0.3, -0.25) is 9.48 Å². The number of pyridine rings is 1. The maximum Gasteiger partial charge on any atom is 0.257 e. The molecule has 0 spiro atoms. The van der Waals surface area contributed by atoms with Crippen LogP contribution in [0, 0.1) is 0 Å². The van der Waals surface area contributed by atoms with Crippen LogP contribution in [0.3, 0.4) is 0 Å². The first kappa shape index (κ1) is 17.0. The molecular weight excluding hydrogens is 340 g/mol. The Kier molecular flexibility index (Phi) is 4.42. The van der Waals surface area contributed by atoms with Gasteiger partial charge in [-0.1, -0.05) is 30.3 Å². The van der Waals surface area contributed by atoms with E-state index in [9.17, 15) is 4.79 Å². The number of amides is 1. The van der Waals surface area contributed by atoms with Gasteiger partial charge in [-0.05, 0) is 19.9 Å². The summed E-state index contributed by atoms with van der Waals surface area (Å²) < 4.78 is 3.56. The highest BCUT2D eigenvalue weighted by molar-refractivity contribution is 6.12. The predicted molar refractivity (Wildman–Crippen MR) is 104 cm³/mol. The summed E-state index contributed by atoms with van der Waals surface area (Å²) in [5, 5.41) is 12.3. The molecule has 0 unspecified atom stereocenters. The number of hydrogen-bond donors (Lipinski definition) is 1. The largest absolute Gasteiger partial charge is 0.305 e. The quantitative estimate of drug-likeness (QED) is 0.590. The highest BCUT2D eigenvalue weighted by Gasteiger charge is 2.18. The number of nitrogens with one attached hydrogen (secondary N) is 1. The molecule has 3 heterocycles. The zero-order valence-corrected chi connectivity index (χ0v) is 15.3. The van der Waals surface area contributed by atoms with Gasteiger partial charge in [-0.15, -0.1) is 0 Å². The van der Waals surface area contributed by atoms with Crippen LogP contribution in [0.2, 0.25) is 0 Å². The lowest BCUT2D eigenvalue weighted by Gasteiger charge is -2.08. The minimum atomic E-state index is -0.225. The van der Waals surface area contributed by atoms with Crippen molar-refractivity contribution >= 4 is 22.8 Å². The SMILES string of the molecule is CCn1ccc(NC(=O)c2cc(-c3ccccc3)nc3c2cnn3CC)n1. The summed E-state index contributed by atoms with van der Waals surface area (Å²) in [7, 11) is 0. The minimum absolute atomic E-state index is 0.225. The van der Waals surface area contributed by atoms with Gasteiger partial charge in [0.15, 0.2) is 11.5 Å². The highest BCUT2D eigenvalue weighted by atomic mass is 16.1. The molecule has 1 N–H and O–H groups in total. The monoisotopic (exact) mass is 360 g/mol. The fourth-order valence-electron chi connectivity index (χ4n) is 3.01. The van der Waals surface area contributed by atoms with Crippen LogP contribution in [0.5, 0.6) is 0 Å². The first-order chi connectivity index (χ1) is 13.2. The molecule has 0 saturated heterocycles. The maximum absolute atomic E-state index is 13.0. The van der Waals surface area contributed by atoms with Crippen LogP contribution in [-0.4, -0.2) is 30.5 Å². The van der Waals surface area contributed by atoms with Gasteiger partial charge in [-0.25, -0.2) is 9.67 Å². The molecule has 1 amide bonds. The van der Waals surface area contributed by atoms with Crippen molar-refractivity contribution in [3.05, 3.63) is 60.4 Å². The van der Waals surface area contributed by atoms with Crippen molar-refractivity contribution < 1.29 is 4.79 Å².